The van der Waals surface area contributed by atoms with Gasteiger partial charge in [0.05, 0.1) is 0 Å². The Labute approximate surface area is 125 Å². The van der Waals surface area contributed by atoms with Gasteiger partial charge in [0.15, 0.2) is 5.75 Å². The predicted molar refractivity (Wildman–Crippen MR) is 84.2 cm³/mol. The number of hydrogen-bond donors (Lipinski definition) is 0. The molecule has 0 bridgehead atoms. The molecule has 3 nitrogen and oxygen atoms in total. The van der Waals surface area contributed by atoms with Gasteiger partial charge in [0.1, 0.15) is 12.2 Å². The molecule has 2 aliphatic rings. The van der Waals surface area contributed by atoms with E-state index >= 15 is 0 Å². The van der Waals surface area contributed by atoms with Crippen molar-refractivity contribution in [1.29, 1.82) is 0 Å². The first kappa shape index (κ1) is 13.1. The standard InChI is InChI=1S/C18H22N2O/c1-13-4-8-16(9-5-13)20-11-15-7-6-14-3-2-10-19-17(14)18(15)21-12-20/h2-3,6-7,10,13,16H,4-5,8-9,11-12H2,1H3. The van der Waals surface area contributed by atoms with Crippen molar-refractivity contribution in [2.75, 3.05) is 6.73 Å². The molecule has 0 saturated heterocycles. The maximum absolute atomic E-state index is 6.09. The molecule has 1 aromatic carbocycles. The molecule has 21 heavy (non-hydrogen) atoms. The van der Waals surface area contributed by atoms with Crippen molar-refractivity contribution in [3.8, 4) is 5.75 Å². The average Bonchev–Trinajstić information content (AvgIpc) is 2.55. The van der Waals surface area contributed by atoms with Crippen molar-refractivity contribution < 1.29 is 4.74 Å². The Morgan fingerprint density at radius 1 is 1.14 bits per heavy atom. The second-order valence-corrected chi connectivity index (χ2v) is 6.56. The Hall–Kier alpha value is -1.61. The van der Waals surface area contributed by atoms with E-state index in [2.05, 4.69) is 35.0 Å². The van der Waals surface area contributed by atoms with Crippen molar-refractivity contribution in [1.82, 2.24) is 9.88 Å². The summed E-state index contributed by atoms with van der Waals surface area (Å²) in [4.78, 5) is 7.00. The highest BCUT2D eigenvalue weighted by molar-refractivity contribution is 5.85. The maximum Gasteiger partial charge on any atom is 0.152 e. The van der Waals surface area contributed by atoms with E-state index < -0.39 is 0 Å². The van der Waals surface area contributed by atoms with Crippen LogP contribution in [0.25, 0.3) is 10.9 Å². The summed E-state index contributed by atoms with van der Waals surface area (Å²) in [6.45, 7) is 4.08. The Morgan fingerprint density at radius 2 is 2.00 bits per heavy atom. The average molecular weight is 282 g/mol. The summed E-state index contributed by atoms with van der Waals surface area (Å²) >= 11 is 0. The van der Waals surface area contributed by atoms with E-state index in [4.69, 9.17) is 4.74 Å². The Bertz CT molecular complexity index is 647. The third kappa shape index (κ3) is 2.40. The number of nitrogens with zero attached hydrogens (tertiary/aromatic N) is 2. The number of aromatic nitrogens is 1. The number of hydrogen-bond acceptors (Lipinski definition) is 3. The lowest BCUT2D eigenvalue weighted by Crippen LogP contribution is -2.42. The molecule has 1 saturated carbocycles. The van der Waals surface area contributed by atoms with Gasteiger partial charge in [-0.3, -0.25) is 9.88 Å². The highest BCUT2D eigenvalue weighted by atomic mass is 16.5. The Balaban J connectivity index is 1.59. The highest BCUT2D eigenvalue weighted by Gasteiger charge is 2.28. The van der Waals surface area contributed by atoms with Crippen molar-refractivity contribution in [2.45, 2.75) is 45.2 Å². The maximum atomic E-state index is 6.09. The second-order valence-electron chi connectivity index (χ2n) is 6.56. The molecule has 1 fully saturated rings. The van der Waals surface area contributed by atoms with Crippen LogP contribution in [0.3, 0.4) is 0 Å². The third-order valence-corrected chi connectivity index (χ3v) is 5.06. The largest absolute Gasteiger partial charge is 0.475 e. The van der Waals surface area contributed by atoms with Gasteiger partial charge < -0.3 is 4.74 Å². The van der Waals surface area contributed by atoms with Gasteiger partial charge in [-0.05, 0) is 37.7 Å². The number of fused-ring (bicyclic) bond motifs is 3. The first-order chi connectivity index (χ1) is 10.3. The highest BCUT2D eigenvalue weighted by Crippen LogP contribution is 2.35. The van der Waals surface area contributed by atoms with Gasteiger partial charge in [0.25, 0.3) is 0 Å². The lowest BCUT2D eigenvalue weighted by molar-refractivity contribution is 0.0356. The fourth-order valence-corrected chi connectivity index (χ4v) is 3.70. The van der Waals surface area contributed by atoms with Crippen molar-refractivity contribution in [3.63, 3.8) is 0 Å². The molecule has 4 rings (SSSR count). The zero-order valence-corrected chi connectivity index (χ0v) is 12.6. The van der Waals surface area contributed by atoms with E-state index in [0.29, 0.717) is 12.8 Å². The van der Waals surface area contributed by atoms with Crippen LogP contribution in [0.4, 0.5) is 0 Å². The quantitative estimate of drug-likeness (QED) is 0.791. The summed E-state index contributed by atoms with van der Waals surface area (Å²) in [7, 11) is 0. The number of benzene rings is 1. The molecule has 110 valence electrons. The third-order valence-electron chi connectivity index (χ3n) is 5.06. The van der Waals surface area contributed by atoms with Gasteiger partial charge in [-0.2, -0.15) is 0 Å². The topological polar surface area (TPSA) is 25.4 Å². The van der Waals surface area contributed by atoms with Gasteiger partial charge in [-0.1, -0.05) is 25.1 Å². The SMILES string of the molecule is CC1CCC(N2COc3c(ccc4cccnc34)C2)CC1. The van der Waals surface area contributed by atoms with E-state index in [-0.39, 0.29) is 0 Å². The molecular weight excluding hydrogens is 260 g/mol. The van der Waals surface area contributed by atoms with Gasteiger partial charge in [0.2, 0.25) is 0 Å². The number of rotatable bonds is 1. The Morgan fingerprint density at radius 3 is 2.86 bits per heavy atom. The molecule has 2 heterocycles. The normalized spacial score (nSPS) is 26.3. The molecule has 1 aromatic heterocycles. The monoisotopic (exact) mass is 282 g/mol. The second kappa shape index (κ2) is 5.30. The first-order valence-corrected chi connectivity index (χ1v) is 8.05. The van der Waals surface area contributed by atoms with Gasteiger partial charge >= 0.3 is 0 Å². The smallest absolute Gasteiger partial charge is 0.152 e. The molecule has 0 spiro atoms. The zero-order chi connectivity index (χ0) is 14.2. The van der Waals surface area contributed by atoms with Gasteiger partial charge in [0, 0.05) is 29.7 Å². The molecule has 0 unspecified atom stereocenters. The Kier molecular flexibility index (Phi) is 3.30. The van der Waals surface area contributed by atoms with E-state index in [1.165, 1.54) is 31.2 Å². The summed E-state index contributed by atoms with van der Waals surface area (Å²) in [6.07, 6.45) is 7.18. The molecular formula is C18H22N2O. The minimum atomic E-state index is 0.689. The van der Waals surface area contributed by atoms with Crippen molar-refractivity contribution >= 4 is 10.9 Å². The van der Waals surface area contributed by atoms with E-state index in [0.717, 1.165) is 29.1 Å². The van der Waals surface area contributed by atoms with E-state index in [1.54, 1.807) is 0 Å². The molecule has 0 radical (unpaired) electrons. The molecule has 1 aliphatic heterocycles. The number of ether oxygens (including phenoxy) is 1. The molecule has 0 N–H and O–H groups in total. The van der Waals surface area contributed by atoms with E-state index in [1.807, 2.05) is 12.3 Å². The lowest BCUT2D eigenvalue weighted by Gasteiger charge is -2.38. The molecule has 0 atom stereocenters. The van der Waals surface area contributed by atoms with Gasteiger partial charge in [-0.15, -0.1) is 0 Å². The number of pyridine rings is 1. The van der Waals surface area contributed by atoms with Crippen molar-refractivity contribution in [2.24, 2.45) is 5.92 Å². The van der Waals surface area contributed by atoms with Crippen LogP contribution in [0.1, 0.15) is 38.2 Å². The molecule has 2 aromatic rings. The predicted octanol–water partition coefficient (Wildman–Crippen LogP) is 3.97. The summed E-state index contributed by atoms with van der Waals surface area (Å²) in [5, 5.41) is 1.16. The molecule has 0 amide bonds. The first-order valence-electron chi connectivity index (χ1n) is 8.05. The summed E-state index contributed by atoms with van der Waals surface area (Å²) in [5.74, 6) is 1.89. The molecule has 1 aliphatic carbocycles. The van der Waals surface area contributed by atoms with Crippen LogP contribution < -0.4 is 4.74 Å². The van der Waals surface area contributed by atoms with Crippen LogP contribution in [-0.4, -0.2) is 22.7 Å². The van der Waals surface area contributed by atoms with Crippen LogP contribution in [0.15, 0.2) is 30.5 Å². The summed E-state index contributed by atoms with van der Waals surface area (Å²) in [5.41, 5.74) is 2.29. The van der Waals surface area contributed by atoms with Gasteiger partial charge in [-0.25, -0.2) is 0 Å². The van der Waals surface area contributed by atoms with Crippen LogP contribution in [-0.2, 0) is 6.54 Å². The molecule has 3 heteroatoms. The minimum Gasteiger partial charge on any atom is -0.475 e. The fraction of sp³-hybridized carbons (Fsp3) is 0.500. The van der Waals surface area contributed by atoms with E-state index in [9.17, 15) is 0 Å². The van der Waals surface area contributed by atoms with Crippen LogP contribution in [0.5, 0.6) is 5.75 Å². The lowest BCUT2D eigenvalue weighted by atomic mass is 9.86. The summed E-state index contributed by atoms with van der Waals surface area (Å²) in [6, 6.07) is 9.13. The zero-order valence-electron chi connectivity index (χ0n) is 12.6. The van der Waals surface area contributed by atoms with Crippen LogP contribution in [0, 0.1) is 5.92 Å². The van der Waals surface area contributed by atoms with Crippen LogP contribution in [0.2, 0.25) is 0 Å². The summed E-state index contributed by atoms with van der Waals surface area (Å²) < 4.78 is 6.09. The minimum absolute atomic E-state index is 0.689. The van der Waals surface area contributed by atoms with Crippen molar-refractivity contribution in [3.05, 3.63) is 36.0 Å². The fourth-order valence-electron chi connectivity index (χ4n) is 3.70. The van der Waals surface area contributed by atoms with Crippen LogP contribution >= 0.6 is 0 Å².